The van der Waals surface area contributed by atoms with Crippen molar-refractivity contribution in [2.75, 3.05) is 26.9 Å². The first kappa shape index (κ1) is 17.7. The second-order valence-corrected chi connectivity index (χ2v) is 6.44. The molecule has 0 saturated heterocycles. The highest BCUT2D eigenvalue weighted by Gasteiger charge is 2.20. The van der Waals surface area contributed by atoms with Crippen molar-refractivity contribution in [2.45, 2.75) is 26.7 Å². The molecule has 0 aromatic carbocycles. The predicted molar refractivity (Wildman–Crippen MR) is 85.5 cm³/mol. The predicted octanol–water partition coefficient (Wildman–Crippen LogP) is 2.27. The lowest BCUT2D eigenvalue weighted by molar-refractivity contribution is 0.0924. The van der Waals surface area contributed by atoms with E-state index in [4.69, 9.17) is 9.84 Å². The molecular formula is C16H23NO3S. The van der Waals surface area contributed by atoms with Gasteiger partial charge in [-0.3, -0.25) is 4.79 Å². The summed E-state index contributed by atoms with van der Waals surface area (Å²) in [6.45, 7) is 5.51. The van der Waals surface area contributed by atoms with Gasteiger partial charge < -0.3 is 15.2 Å². The molecule has 0 aliphatic rings. The van der Waals surface area contributed by atoms with Crippen LogP contribution in [-0.4, -0.2) is 37.9 Å². The number of ether oxygens (including phenoxy) is 1. The number of carbonyl (C=O) groups excluding carboxylic acids is 1. The normalized spacial score (nSPS) is 10.9. The fourth-order valence-electron chi connectivity index (χ4n) is 1.66. The van der Waals surface area contributed by atoms with Crippen LogP contribution in [0.2, 0.25) is 0 Å². The Morgan fingerprint density at radius 2 is 2.29 bits per heavy atom. The van der Waals surface area contributed by atoms with Gasteiger partial charge in [-0.2, -0.15) is 0 Å². The van der Waals surface area contributed by atoms with Gasteiger partial charge in [0.15, 0.2) is 0 Å². The van der Waals surface area contributed by atoms with E-state index in [1.54, 1.807) is 7.11 Å². The van der Waals surface area contributed by atoms with Crippen molar-refractivity contribution < 1.29 is 14.6 Å². The van der Waals surface area contributed by atoms with Gasteiger partial charge in [0.25, 0.3) is 5.91 Å². The molecule has 4 nitrogen and oxygen atoms in total. The van der Waals surface area contributed by atoms with E-state index in [-0.39, 0.29) is 17.9 Å². The van der Waals surface area contributed by atoms with Crippen molar-refractivity contribution >= 4 is 17.2 Å². The van der Waals surface area contributed by atoms with Crippen LogP contribution in [0.5, 0.6) is 0 Å². The Morgan fingerprint density at radius 3 is 2.95 bits per heavy atom. The van der Waals surface area contributed by atoms with Crippen LogP contribution in [-0.2, 0) is 4.74 Å². The van der Waals surface area contributed by atoms with Crippen LogP contribution in [0.3, 0.4) is 0 Å². The van der Waals surface area contributed by atoms with E-state index in [0.29, 0.717) is 24.4 Å². The summed E-state index contributed by atoms with van der Waals surface area (Å²) in [6.07, 6.45) is 1.30. The first-order chi connectivity index (χ1) is 10.00. The maximum atomic E-state index is 12.2. The van der Waals surface area contributed by atoms with Crippen molar-refractivity contribution in [3.8, 4) is 11.8 Å². The molecule has 0 saturated carbocycles. The summed E-state index contributed by atoms with van der Waals surface area (Å²) in [4.78, 5) is 12.9. The number of amides is 1. The number of nitrogens with one attached hydrogen (secondary N) is 1. The largest absolute Gasteiger partial charge is 0.395 e. The lowest BCUT2D eigenvalue weighted by Crippen LogP contribution is -2.34. The molecular weight excluding hydrogens is 286 g/mol. The van der Waals surface area contributed by atoms with Gasteiger partial charge in [-0.25, -0.2) is 0 Å². The molecule has 0 aliphatic heterocycles. The third-order valence-electron chi connectivity index (χ3n) is 3.04. The Bertz CT molecular complexity index is 511. The first-order valence-electron chi connectivity index (χ1n) is 6.94. The summed E-state index contributed by atoms with van der Waals surface area (Å²) in [5.74, 6) is 5.68. The van der Waals surface area contributed by atoms with E-state index in [9.17, 15) is 4.79 Å². The molecule has 0 bridgehead atoms. The summed E-state index contributed by atoms with van der Waals surface area (Å²) in [5.41, 5.74) is 0.715. The molecule has 5 heteroatoms. The zero-order valence-electron chi connectivity index (χ0n) is 12.9. The summed E-state index contributed by atoms with van der Waals surface area (Å²) in [7, 11) is 1.68. The first-order valence-corrected chi connectivity index (χ1v) is 7.82. The van der Waals surface area contributed by atoms with Gasteiger partial charge in [0, 0.05) is 32.2 Å². The molecule has 21 heavy (non-hydrogen) atoms. The van der Waals surface area contributed by atoms with E-state index in [1.807, 2.05) is 11.4 Å². The number of thiophene rings is 1. The number of hydrogen-bond acceptors (Lipinski definition) is 4. The summed E-state index contributed by atoms with van der Waals surface area (Å²) in [6, 6.07) is 1.83. The third kappa shape index (κ3) is 6.30. The smallest absolute Gasteiger partial charge is 0.262 e. The van der Waals surface area contributed by atoms with Gasteiger partial charge in [0.1, 0.15) is 4.88 Å². The molecule has 0 spiro atoms. The van der Waals surface area contributed by atoms with Crippen LogP contribution in [0, 0.1) is 17.3 Å². The van der Waals surface area contributed by atoms with Gasteiger partial charge in [0.2, 0.25) is 0 Å². The van der Waals surface area contributed by atoms with Crippen LogP contribution in [0.4, 0.5) is 0 Å². The number of methoxy groups -OCH3 is 1. The quantitative estimate of drug-likeness (QED) is 0.760. The molecule has 0 radical (unpaired) electrons. The van der Waals surface area contributed by atoms with E-state index >= 15 is 0 Å². The van der Waals surface area contributed by atoms with E-state index in [2.05, 4.69) is 31.0 Å². The van der Waals surface area contributed by atoms with Gasteiger partial charge in [-0.05, 0) is 23.3 Å². The zero-order valence-corrected chi connectivity index (χ0v) is 13.7. The van der Waals surface area contributed by atoms with Gasteiger partial charge >= 0.3 is 0 Å². The second kappa shape index (κ2) is 8.83. The number of carbonyl (C=O) groups is 1. The highest BCUT2D eigenvalue weighted by molar-refractivity contribution is 7.12. The van der Waals surface area contributed by atoms with Crippen LogP contribution >= 0.6 is 11.3 Å². The highest BCUT2D eigenvalue weighted by Crippen LogP contribution is 2.20. The lowest BCUT2D eigenvalue weighted by atomic mass is 9.89. The highest BCUT2D eigenvalue weighted by atomic mass is 32.1. The van der Waals surface area contributed by atoms with E-state index < -0.39 is 0 Å². The van der Waals surface area contributed by atoms with E-state index in [1.165, 1.54) is 11.3 Å². The Hall–Kier alpha value is -1.35. The fourth-order valence-corrected chi connectivity index (χ4v) is 2.43. The zero-order chi connectivity index (χ0) is 15.7. The van der Waals surface area contributed by atoms with Gasteiger partial charge in [0.05, 0.1) is 6.61 Å². The minimum Gasteiger partial charge on any atom is -0.395 e. The summed E-state index contributed by atoms with van der Waals surface area (Å²) < 4.78 is 5.08. The van der Waals surface area contributed by atoms with Crippen molar-refractivity contribution in [1.29, 1.82) is 0 Å². The maximum Gasteiger partial charge on any atom is 0.262 e. The van der Waals surface area contributed by atoms with Crippen LogP contribution in [0.15, 0.2) is 11.4 Å². The molecule has 0 atom stereocenters. The van der Waals surface area contributed by atoms with Crippen LogP contribution in [0.1, 0.15) is 41.9 Å². The van der Waals surface area contributed by atoms with Gasteiger partial charge in [-0.1, -0.05) is 25.7 Å². The molecule has 0 aliphatic carbocycles. The van der Waals surface area contributed by atoms with Crippen molar-refractivity contribution in [2.24, 2.45) is 5.41 Å². The van der Waals surface area contributed by atoms with Gasteiger partial charge in [-0.15, -0.1) is 11.3 Å². The molecule has 2 N–H and O–H groups in total. The van der Waals surface area contributed by atoms with Crippen LogP contribution < -0.4 is 5.32 Å². The maximum absolute atomic E-state index is 12.2. The Balaban J connectivity index is 2.61. The number of rotatable bonds is 7. The third-order valence-corrected chi connectivity index (χ3v) is 3.95. The fraction of sp³-hybridized carbons (Fsp3) is 0.562. The van der Waals surface area contributed by atoms with Crippen molar-refractivity contribution in [3.63, 3.8) is 0 Å². The number of aliphatic hydroxyl groups is 1. The summed E-state index contributed by atoms with van der Waals surface area (Å²) >= 11 is 1.38. The van der Waals surface area contributed by atoms with Crippen molar-refractivity contribution in [1.82, 2.24) is 5.32 Å². The molecule has 0 unspecified atom stereocenters. The second-order valence-electron chi connectivity index (χ2n) is 5.53. The monoisotopic (exact) mass is 309 g/mol. The summed E-state index contributed by atoms with van der Waals surface area (Å²) in [5, 5.41) is 13.5. The molecule has 1 aromatic rings. The molecule has 1 rings (SSSR count). The molecule has 1 amide bonds. The minimum atomic E-state index is -0.0937. The van der Waals surface area contributed by atoms with Crippen LogP contribution in [0.25, 0.3) is 0 Å². The molecule has 1 heterocycles. The average Bonchev–Trinajstić information content (AvgIpc) is 2.91. The molecule has 0 fully saturated rings. The molecule has 116 valence electrons. The Kier molecular flexibility index (Phi) is 7.44. The average molecular weight is 309 g/mol. The van der Waals surface area contributed by atoms with Crippen molar-refractivity contribution in [3.05, 3.63) is 21.9 Å². The number of aliphatic hydroxyl groups excluding tert-OH is 1. The minimum absolute atomic E-state index is 0.00827. The SMILES string of the molecule is COCCC(C)(C)CNC(=O)c1sccc1C#CCCO. The Labute approximate surface area is 130 Å². The topological polar surface area (TPSA) is 58.6 Å². The van der Waals surface area contributed by atoms with E-state index in [0.717, 1.165) is 12.0 Å². The Morgan fingerprint density at radius 1 is 1.52 bits per heavy atom. The standard InChI is InChI=1S/C16H23NO3S/c1-16(2,8-10-20-3)12-17-15(19)14-13(7-11-21-14)6-4-5-9-18/h7,11,18H,5,8-10,12H2,1-3H3,(H,17,19). The molecule has 1 aromatic heterocycles. The number of hydrogen-bond donors (Lipinski definition) is 2. The lowest BCUT2D eigenvalue weighted by Gasteiger charge is -2.24.